The predicted molar refractivity (Wildman–Crippen MR) is 78.6 cm³/mol. The van der Waals surface area contributed by atoms with E-state index in [9.17, 15) is 5.11 Å². The first kappa shape index (κ1) is 13.6. The fourth-order valence-corrected chi connectivity index (χ4v) is 3.40. The maximum absolute atomic E-state index is 10.3. The van der Waals surface area contributed by atoms with Crippen LogP contribution in [0.1, 0.15) is 33.2 Å². The average molecular weight is 281 g/mol. The number of rotatable bonds is 3. The van der Waals surface area contributed by atoms with Crippen molar-refractivity contribution in [2.24, 2.45) is 0 Å². The molecular formula is C15H17ClOS. The highest BCUT2D eigenvalue weighted by Gasteiger charge is 2.14. The second kappa shape index (κ2) is 5.43. The molecule has 0 aliphatic heterocycles. The van der Waals surface area contributed by atoms with Crippen LogP contribution < -0.4 is 0 Å². The third-order valence-corrected chi connectivity index (χ3v) is 4.54. The summed E-state index contributed by atoms with van der Waals surface area (Å²) < 4.78 is 0. The van der Waals surface area contributed by atoms with E-state index in [2.05, 4.69) is 32.9 Å². The lowest BCUT2D eigenvalue weighted by Crippen LogP contribution is -2.03. The molecule has 0 fully saturated rings. The Hall–Kier alpha value is -0.830. The zero-order valence-corrected chi connectivity index (χ0v) is 12.4. The van der Waals surface area contributed by atoms with Gasteiger partial charge >= 0.3 is 0 Å². The van der Waals surface area contributed by atoms with E-state index >= 15 is 0 Å². The molecule has 1 N–H and O–H groups in total. The zero-order chi connectivity index (χ0) is 13.3. The van der Waals surface area contributed by atoms with Gasteiger partial charge in [-0.1, -0.05) is 29.3 Å². The van der Waals surface area contributed by atoms with Crippen LogP contribution >= 0.6 is 22.9 Å². The minimum atomic E-state index is -0.470. The average Bonchev–Trinajstić information content (AvgIpc) is 2.70. The highest BCUT2D eigenvalue weighted by molar-refractivity contribution is 7.10. The molecule has 0 saturated heterocycles. The Morgan fingerprint density at radius 2 is 1.78 bits per heavy atom. The summed E-state index contributed by atoms with van der Waals surface area (Å²) in [6.07, 6.45) is 0.178. The zero-order valence-electron chi connectivity index (χ0n) is 10.8. The molecule has 0 bridgehead atoms. The maximum Gasteiger partial charge on any atom is 0.0922 e. The van der Waals surface area contributed by atoms with Gasteiger partial charge in [0.25, 0.3) is 0 Å². The van der Waals surface area contributed by atoms with E-state index in [1.54, 1.807) is 0 Å². The van der Waals surface area contributed by atoms with Gasteiger partial charge in [0.15, 0.2) is 0 Å². The number of aliphatic hydroxyl groups excluding tert-OH is 1. The topological polar surface area (TPSA) is 20.2 Å². The van der Waals surface area contributed by atoms with Gasteiger partial charge in [-0.25, -0.2) is 0 Å². The first-order valence-electron chi connectivity index (χ1n) is 5.96. The minimum absolute atomic E-state index is 0.470. The number of benzene rings is 1. The molecule has 2 aromatic rings. The van der Waals surface area contributed by atoms with E-state index in [1.807, 2.05) is 11.4 Å². The smallest absolute Gasteiger partial charge is 0.0922 e. The van der Waals surface area contributed by atoms with Crippen LogP contribution in [0.3, 0.4) is 0 Å². The van der Waals surface area contributed by atoms with Crippen molar-refractivity contribution in [3.63, 3.8) is 0 Å². The van der Waals surface area contributed by atoms with Crippen molar-refractivity contribution in [1.29, 1.82) is 0 Å². The van der Waals surface area contributed by atoms with Gasteiger partial charge < -0.3 is 5.11 Å². The van der Waals surface area contributed by atoms with Crippen LogP contribution in [0.15, 0.2) is 23.6 Å². The van der Waals surface area contributed by atoms with E-state index in [4.69, 9.17) is 11.6 Å². The summed E-state index contributed by atoms with van der Waals surface area (Å²) in [7, 11) is 0. The van der Waals surface area contributed by atoms with Gasteiger partial charge in [0.05, 0.1) is 11.1 Å². The Morgan fingerprint density at radius 1 is 1.17 bits per heavy atom. The highest BCUT2D eigenvalue weighted by atomic mass is 35.5. The molecule has 0 aliphatic carbocycles. The van der Waals surface area contributed by atoms with Gasteiger partial charge in [0.1, 0.15) is 0 Å². The second-order valence-corrected chi connectivity index (χ2v) is 6.14. The van der Waals surface area contributed by atoms with E-state index in [0.29, 0.717) is 11.4 Å². The molecule has 0 amide bonds. The van der Waals surface area contributed by atoms with Crippen LogP contribution in [0.4, 0.5) is 0 Å². The summed E-state index contributed by atoms with van der Waals surface area (Å²) >= 11 is 7.40. The first-order valence-corrected chi connectivity index (χ1v) is 7.22. The van der Waals surface area contributed by atoms with Crippen LogP contribution in [0.2, 0.25) is 5.02 Å². The fourth-order valence-electron chi connectivity index (χ4n) is 2.33. The van der Waals surface area contributed by atoms with Gasteiger partial charge in [-0.15, -0.1) is 11.3 Å². The lowest BCUT2D eigenvalue weighted by molar-refractivity contribution is 0.182. The Bertz CT molecular complexity index is 536. The fraction of sp³-hybridized carbons (Fsp3) is 0.333. The minimum Gasteiger partial charge on any atom is -0.387 e. The summed E-state index contributed by atoms with van der Waals surface area (Å²) in [6, 6.07) is 6.17. The normalized spacial score (nSPS) is 12.7. The summed E-state index contributed by atoms with van der Waals surface area (Å²) in [5.74, 6) is 0. The molecule has 1 heterocycles. The van der Waals surface area contributed by atoms with E-state index in [0.717, 1.165) is 4.88 Å². The summed E-state index contributed by atoms with van der Waals surface area (Å²) in [5, 5.41) is 12.8. The first-order chi connectivity index (χ1) is 8.47. The van der Waals surface area contributed by atoms with Crippen molar-refractivity contribution in [2.75, 3.05) is 0 Å². The van der Waals surface area contributed by atoms with E-state index in [-0.39, 0.29) is 0 Å². The molecule has 1 nitrogen and oxygen atoms in total. The van der Waals surface area contributed by atoms with Crippen molar-refractivity contribution >= 4 is 22.9 Å². The monoisotopic (exact) mass is 280 g/mol. The predicted octanol–water partition coefficient (Wildman–Crippen LogP) is 4.60. The van der Waals surface area contributed by atoms with Crippen molar-refractivity contribution in [1.82, 2.24) is 0 Å². The standard InChI is InChI=1S/C15H17ClOS/c1-9-4-10(2)13(11(3)5-9)7-14(17)15-6-12(16)8-18-15/h4-6,8,14,17H,7H2,1-3H3. The van der Waals surface area contributed by atoms with Gasteiger partial charge in [0.2, 0.25) is 0 Å². The molecule has 1 unspecified atom stereocenters. The molecule has 3 heteroatoms. The van der Waals surface area contributed by atoms with Crippen molar-refractivity contribution in [2.45, 2.75) is 33.3 Å². The van der Waals surface area contributed by atoms with Crippen LogP contribution in [0.25, 0.3) is 0 Å². The molecule has 0 spiro atoms. The number of aryl methyl sites for hydroxylation is 3. The molecule has 1 aromatic carbocycles. The SMILES string of the molecule is Cc1cc(C)c(CC(O)c2cc(Cl)cs2)c(C)c1. The van der Waals surface area contributed by atoms with Crippen molar-refractivity contribution in [3.05, 3.63) is 55.7 Å². The number of hydrogen-bond acceptors (Lipinski definition) is 2. The number of halogens is 1. The molecule has 1 aromatic heterocycles. The van der Waals surface area contributed by atoms with Gasteiger partial charge in [0, 0.05) is 16.7 Å². The van der Waals surface area contributed by atoms with Crippen LogP contribution in [-0.4, -0.2) is 5.11 Å². The largest absolute Gasteiger partial charge is 0.387 e. The lowest BCUT2D eigenvalue weighted by Gasteiger charge is -2.14. The molecular weight excluding hydrogens is 264 g/mol. The molecule has 0 saturated carbocycles. The molecule has 1 atom stereocenters. The number of hydrogen-bond donors (Lipinski definition) is 1. The molecule has 18 heavy (non-hydrogen) atoms. The quantitative estimate of drug-likeness (QED) is 0.871. The third-order valence-electron chi connectivity index (χ3n) is 3.15. The molecule has 96 valence electrons. The van der Waals surface area contributed by atoms with E-state index in [1.165, 1.54) is 33.6 Å². The molecule has 0 aliphatic rings. The number of aliphatic hydroxyl groups is 1. The Labute approximate surface area is 117 Å². The second-order valence-electron chi connectivity index (χ2n) is 4.76. The van der Waals surface area contributed by atoms with Gasteiger partial charge in [-0.2, -0.15) is 0 Å². The third kappa shape index (κ3) is 2.94. The van der Waals surface area contributed by atoms with Gasteiger partial charge in [-0.05, 0) is 43.5 Å². The summed E-state index contributed by atoms with van der Waals surface area (Å²) in [6.45, 7) is 6.30. The Balaban J connectivity index is 2.24. The summed E-state index contributed by atoms with van der Waals surface area (Å²) in [5.41, 5.74) is 4.99. The number of thiophene rings is 1. The Kier molecular flexibility index (Phi) is 4.10. The highest BCUT2D eigenvalue weighted by Crippen LogP contribution is 2.29. The van der Waals surface area contributed by atoms with Crippen molar-refractivity contribution in [3.8, 4) is 0 Å². The van der Waals surface area contributed by atoms with Crippen LogP contribution in [0.5, 0.6) is 0 Å². The van der Waals surface area contributed by atoms with Gasteiger partial charge in [-0.3, -0.25) is 0 Å². The van der Waals surface area contributed by atoms with Crippen LogP contribution in [-0.2, 0) is 6.42 Å². The summed E-state index contributed by atoms with van der Waals surface area (Å²) in [4.78, 5) is 0.930. The van der Waals surface area contributed by atoms with Crippen molar-refractivity contribution < 1.29 is 5.11 Å². The Morgan fingerprint density at radius 3 is 2.28 bits per heavy atom. The van der Waals surface area contributed by atoms with Crippen LogP contribution in [0, 0.1) is 20.8 Å². The maximum atomic E-state index is 10.3. The lowest BCUT2D eigenvalue weighted by atomic mass is 9.95. The molecule has 2 rings (SSSR count). The van der Waals surface area contributed by atoms with E-state index < -0.39 is 6.10 Å². The molecule has 0 radical (unpaired) electrons.